The summed E-state index contributed by atoms with van der Waals surface area (Å²) >= 11 is 1.48. The number of hydrogen-bond donors (Lipinski definition) is 1. The minimum atomic E-state index is -0.223. The molecule has 1 amide bonds. The van der Waals surface area contributed by atoms with E-state index >= 15 is 0 Å². The number of carbonyl (C=O) groups excluding carboxylic acids is 1. The molecule has 0 aliphatic rings. The van der Waals surface area contributed by atoms with E-state index in [2.05, 4.69) is 22.2 Å². The third-order valence-corrected chi connectivity index (χ3v) is 5.87. The van der Waals surface area contributed by atoms with Gasteiger partial charge >= 0.3 is 0 Å². The maximum Gasteiger partial charge on any atom is 0.237 e. The molecule has 3 rings (SSSR count). The fourth-order valence-electron chi connectivity index (χ4n) is 2.87. The molecule has 0 radical (unpaired) electrons. The van der Waals surface area contributed by atoms with Crippen LogP contribution in [0.1, 0.15) is 30.3 Å². The van der Waals surface area contributed by atoms with Crippen molar-refractivity contribution in [2.24, 2.45) is 0 Å². The second-order valence-corrected chi connectivity index (χ2v) is 8.03. The minimum Gasteiger partial charge on any atom is -0.325 e. The molecule has 0 bridgehead atoms. The first kappa shape index (κ1) is 20.1. The molecule has 3 aromatic rings. The normalized spacial score (nSPS) is 11.9. The third-order valence-electron chi connectivity index (χ3n) is 4.58. The van der Waals surface area contributed by atoms with Crippen molar-refractivity contribution < 1.29 is 4.79 Å². The predicted molar refractivity (Wildman–Crippen MR) is 117 cm³/mol. The van der Waals surface area contributed by atoms with Gasteiger partial charge in [-0.3, -0.25) is 4.79 Å². The zero-order valence-electron chi connectivity index (χ0n) is 16.7. The molecule has 0 spiro atoms. The quantitative estimate of drug-likeness (QED) is 0.440. The molecule has 1 unspecified atom stereocenters. The zero-order chi connectivity index (χ0) is 20.1. The summed E-state index contributed by atoms with van der Waals surface area (Å²) < 4.78 is 0. The van der Waals surface area contributed by atoms with Gasteiger partial charge in [0.05, 0.1) is 10.9 Å². The summed E-state index contributed by atoms with van der Waals surface area (Å²) in [4.78, 5) is 21.9. The molecule has 2 aromatic carbocycles. The number of benzene rings is 2. The summed E-state index contributed by atoms with van der Waals surface area (Å²) in [6.45, 7) is 8.01. The molecule has 5 heteroatoms. The Kier molecular flexibility index (Phi) is 6.47. The number of nitrogens with zero attached hydrogens (tertiary/aromatic N) is 2. The number of carbonyl (C=O) groups is 1. The van der Waals surface area contributed by atoms with Gasteiger partial charge in [-0.2, -0.15) is 0 Å². The summed E-state index contributed by atoms with van der Waals surface area (Å²) in [7, 11) is 0. The largest absolute Gasteiger partial charge is 0.325 e. The fourth-order valence-corrected chi connectivity index (χ4v) is 3.86. The molecule has 0 saturated carbocycles. The van der Waals surface area contributed by atoms with Gasteiger partial charge in [0.15, 0.2) is 0 Å². The van der Waals surface area contributed by atoms with Gasteiger partial charge in [-0.05, 0) is 56.5 Å². The molecule has 0 aliphatic carbocycles. The number of rotatable bonds is 6. The Morgan fingerprint density at radius 2 is 1.75 bits per heavy atom. The van der Waals surface area contributed by atoms with Crippen LogP contribution in [0.3, 0.4) is 0 Å². The number of thioether (sulfide) groups is 1. The van der Waals surface area contributed by atoms with Crippen molar-refractivity contribution in [3.05, 3.63) is 71.5 Å². The van der Waals surface area contributed by atoms with E-state index in [0.29, 0.717) is 12.2 Å². The Morgan fingerprint density at radius 3 is 2.43 bits per heavy atom. The van der Waals surface area contributed by atoms with Crippen LogP contribution in [0.2, 0.25) is 0 Å². The highest BCUT2D eigenvalue weighted by Crippen LogP contribution is 2.28. The molecule has 1 atom stereocenters. The van der Waals surface area contributed by atoms with Gasteiger partial charge in [-0.15, -0.1) is 0 Å². The Balaban J connectivity index is 1.77. The molecule has 0 fully saturated rings. The number of nitrogens with one attached hydrogen (secondary N) is 1. The molecule has 1 aromatic heterocycles. The maximum absolute atomic E-state index is 12.8. The highest BCUT2D eigenvalue weighted by Gasteiger charge is 2.20. The van der Waals surface area contributed by atoms with E-state index < -0.39 is 0 Å². The lowest BCUT2D eigenvalue weighted by Crippen LogP contribution is -2.24. The summed E-state index contributed by atoms with van der Waals surface area (Å²) in [5, 5.41) is 3.63. The molecule has 1 N–H and O–H groups in total. The number of hydrogen-bond acceptors (Lipinski definition) is 4. The monoisotopic (exact) mass is 391 g/mol. The van der Waals surface area contributed by atoms with Gasteiger partial charge in [-0.1, -0.05) is 55.1 Å². The van der Waals surface area contributed by atoms with E-state index in [0.717, 1.165) is 27.5 Å². The molecule has 1 heterocycles. The first-order valence-electron chi connectivity index (χ1n) is 9.42. The van der Waals surface area contributed by atoms with E-state index in [-0.39, 0.29) is 11.2 Å². The highest BCUT2D eigenvalue weighted by atomic mass is 32.2. The second kappa shape index (κ2) is 9.02. The van der Waals surface area contributed by atoms with Crippen LogP contribution in [0, 0.1) is 20.8 Å². The zero-order valence-corrected chi connectivity index (χ0v) is 17.5. The average Bonchev–Trinajstić information content (AvgIpc) is 2.69. The first-order valence-corrected chi connectivity index (χ1v) is 10.3. The topological polar surface area (TPSA) is 54.9 Å². The van der Waals surface area contributed by atoms with Gasteiger partial charge in [-0.25, -0.2) is 9.97 Å². The van der Waals surface area contributed by atoms with Crippen molar-refractivity contribution in [2.45, 2.75) is 44.4 Å². The minimum absolute atomic E-state index is 0.00622. The van der Waals surface area contributed by atoms with Crippen molar-refractivity contribution in [3.63, 3.8) is 0 Å². The molecule has 0 saturated heterocycles. The lowest BCUT2D eigenvalue weighted by molar-refractivity contribution is -0.115. The fraction of sp³-hybridized carbons (Fsp3) is 0.261. The van der Waals surface area contributed by atoms with Gasteiger partial charge in [0.25, 0.3) is 0 Å². The lowest BCUT2D eigenvalue weighted by Gasteiger charge is -2.15. The van der Waals surface area contributed by atoms with Crippen LogP contribution < -0.4 is 5.32 Å². The SMILES string of the molecule is CCC(Sc1cc(-c2ccccc2)nc(C)n1)C(=O)Nc1ccc(C)c(C)c1. The van der Waals surface area contributed by atoms with E-state index in [4.69, 9.17) is 0 Å². The van der Waals surface area contributed by atoms with Crippen molar-refractivity contribution in [1.29, 1.82) is 0 Å². The average molecular weight is 392 g/mol. The van der Waals surface area contributed by atoms with Crippen molar-refractivity contribution in [3.8, 4) is 11.3 Å². The van der Waals surface area contributed by atoms with Gasteiger partial charge in [0, 0.05) is 11.3 Å². The van der Waals surface area contributed by atoms with Crippen LogP contribution in [0.15, 0.2) is 59.6 Å². The standard InChI is InChI=1S/C23H25N3OS/c1-5-21(23(27)26-19-12-11-15(2)16(3)13-19)28-22-14-20(24-17(4)25-22)18-9-7-6-8-10-18/h6-14,21H,5H2,1-4H3,(H,26,27). The van der Waals surface area contributed by atoms with E-state index in [9.17, 15) is 4.79 Å². The molecular formula is C23H25N3OS. The second-order valence-electron chi connectivity index (χ2n) is 6.81. The van der Waals surface area contributed by atoms with Crippen molar-refractivity contribution in [2.75, 3.05) is 5.32 Å². The van der Waals surface area contributed by atoms with Gasteiger partial charge in [0.1, 0.15) is 10.9 Å². The smallest absolute Gasteiger partial charge is 0.237 e. The molecule has 4 nitrogen and oxygen atoms in total. The Morgan fingerprint density at radius 1 is 1.00 bits per heavy atom. The first-order chi connectivity index (χ1) is 13.5. The Bertz CT molecular complexity index is 973. The lowest BCUT2D eigenvalue weighted by atomic mass is 10.1. The number of aryl methyl sites for hydroxylation is 3. The van der Waals surface area contributed by atoms with E-state index in [1.807, 2.05) is 75.4 Å². The maximum atomic E-state index is 12.8. The Hall–Kier alpha value is -2.66. The molecule has 0 aliphatic heterocycles. The molecule has 144 valence electrons. The van der Waals surface area contributed by atoms with Crippen LogP contribution in [0.25, 0.3) is 11.3 Å². The van der Waals surface area contributed by atoms with Crippen molar-refractivity contribution in [1.82, 2.24) is 9.97 Å². The number of aromatic nitrogens is 2. The van der Waals surface area contributed by atoms with Crippen LogP contribution >= 0.6 is 11.8 Å². The number of amides is 1. The van der Waals surface area contributed by atoms with E-state index in [1.54, 1.807) is 0 Å². The summed E-state index contributed by atoms with van der Waals surface area (Å²) in [5.41, 5.74) is 5.13. The van der Waals surface area contributed by atoms with Gasteiger partial charge < -0.3 is 5.32 Å². The molecular weight excluding hydrogens is 366 g/mol. The van der Waals surface area contributed by atoms with Crippen LogP contribution in [-0.2, 0) is 4.79 Å². The summed E-state index contributed by atoms with van der Waals surface area (Å²) in [5.74, 6) is 0.696. The third kappa shape index (κ3) is 4.98. The molecule has 28 heavy (non-hydrogen) atoms. The highest BCUT2D eigenvalue weighted by molar-refractivity contribution is 8.00. The summed E-state index contributed by atoms with van der Waals surface area (Å²) in [6, 6.07) is 18.0. The number of anilines is 1. The predicted octanol–water partition coefficient (Wildman–Crippen LogP) is 5.58. The van der Waals surface area contributed by atoms with E-state index in [1.165, 1.54) is 17.3 Å². The summed E-state index contributed by atoms with van der Waals surface area (Å²) in [6.07, 6.45) is 0.713. The van der Waals surface area contributed by atoms with Crippen LogP contribution in [-0.4, -0.2) is 21.1 Å². The van der Waals surface area contributed by atoms with Crippen LogP contribution in [0.5, 0.6) is 0 Å². The van der Waals surface area contributed by atoms with Crippen LogP contribution in [0.4, 0.5) is 5.69 Å². The van der Waals surface area contributed by atoms with Crippen molar-refractivity contribution >= 4 is 23.4 Å². The Labute approximate surface area is 170 Å². The van der Waals surface area contributed by atoms with Gasteiger partial charge in [0.2, 0.25) is 5.91 Å².